The Kier molecular flexibility index (Phi) is 4.95. The van der Waals surface area contributed by atoms with Crippen LogP contribution in [0.5, 0.6) is 5.75 Å². The van der Waals surface area contributed by atoms with Crippen LogP contribution in [-0.4, -0.2) is 20.3 Å². The van der Waals surface area contributed by atoms with Gasteiger partial charge >= 0.3 is 6.18 Å². The van der Waals surface area contributed by atoms with Crippen LogP contribution in [0, 0.1) is 5.82 Å². The standard InChI is InChI=1S/C12H15F4NO/c1-17-9(6-7-12(14,15)16)8-4-3-5-10(18-2)11(8)13/h3-5,9,17H,6-7H2,1-2H3. The van der Waals surface area contributed by atoms with Gasteiger partial charge in [0.25, 0.3) is 0 Å². The summed E-state index contributed by atoms with van der Waals surface area (Å²) in [6.45, 7) is 0. The second-order valence-corrected chi connectivity index (χ2v) is 3.86. The molecule has 0 bridgehead atoms. The van der Waals surface area contributed by atoms with Crippen molar-refractivity contribution in [1.29, 1.82) is 0 Å². The number of methoxy groups -OCH3 is 1. The number of rotatable bonds is 5. The molecule has 0 heterocycles. The minimum Gasteiger partial charge on any atom is -0.494 e. The van der Waals surface area contributed by atoms with Gasteiger partial charge < -0.3 is 10.1 Å². The number of nitrogens with one attached hydrogen (secondary N) is 1. The Labute approximate surface area is 103 Å². The Morgan fingerprint density at radius 1 is 1.33 bits per heavy atom. The van der Waals surface area contributed by atoms with Crippen LogP contribution in [0.15, 0.2) is 18.2 Å². The van der Waals surface area contributed by atoms with Crippen molar-refractivity contribution in [2.24, 2.45) is 0 Å². The highest BCUT2D eigenvalue weighted by Gasteiger charge is 2.29. The van der Waals surface area contributed by atoms with Crippen LogP contribution >= 0.6 is 0 Å². The molecule has 1 atom stereocenters. The zero-order valence-corrected chi connectivity index (χ0v) is 10.1. The maximum atomic E-state index is 13.9. The van der Waals surface area contributed by atoms with Crippen molar-refractivity contribution < 1.29 is 22.3 Å². The van der Waals surface area contributed by atoms with Crippen molar-refractivity contribution in [2.75, 3.05) is 14.2 Å². The molecule has 0 aromatic heterocycles. The highest BCUT2D eigenvalue weighted by Crippen LogP contribution is 2.31. The summed E-state index contributed by atoms with van der Waals surface area (Å²) in [5, 5.41) is 2.69. The zero-order valence-electron chi connectivity index (χ0n) is 10.1. The van der Waals surface area contributed by atoms with Gasteiger partial charge in [0, 0.05) is 18.0 Å². The first-order valence-corrected chi connectivity index (χ1v) is 5.45. The normalized spacial score (nSPS) is 13.4. The van der Waals surface area contributed by atoms with Gasteiger partial charge in [-0.1, -0.05) is 12.1 Å². The molecule has 0 aliphatic heterocycles. The Morgan fingerprint density at radius 2 is 2.00 bits per heavy atom. The van der Waals surface area contributed by atoms with Crippen LogP contribution in [-0.2, 0) is 0 Å². The van der Waals surface area contributed by atoms with E-state index < -0.39 is 24.5 Å². The van der Waals surface area contributed by atoms with E-state index in [1.54, 1.807) is 6.07 Å². The van der Waals surface area contributed by atoms with E-state index >= 15 is 0 Å². The molecule has 0 saturated heterocycles. The average molecular weight is 265 g/mol. The third-order valence-corrected chi connectivity index (χ3v) is 2.65. The molecule has 1 aromatic carbocycles. The third-order valence-electron chi connectivity index (χ3n) is 2.65. The SMILES string of the molecule is CNC(CCC(F)(F)F)c1cccc(OC)c1F. The van der Waals surface area contributed by atoms with E-state index in [-0.39, 0.29) is 17.7 Å². The Bertz CT molecular complexity index is 392. The lowest BCUT2D eigenvalue weighted by atomic mass is 10.0. The van der Waals surface area contributed by atoms with Crippen LogP contribution in [0.1, 0.15) is 24.4 Å². The quantitative estimate of drug-likeness (QED) is 0.823. The van der Waals surface area contributed by atoms with E-state index in [9.17, 15) is 17.6 Å². The molecule has 1 N–H and O–H groups in total. The molecule has 2 nitrogen and oxygen atoms in total. The lowest BCUT2D eigenvalue weighted by molar-refractivity contribution is -0.136. The monoisotopic (exact) mass is 265 g/mol. The lowest BCUT2D eigenvalue weighted by Crippen LogP contribution is -2.20. The molecule has 0 fully saturated rings. The van der Waals surface area contributed by atoms with Crippen molar-refractivity contribution in [3.8, 4) is 5.75 Å². The molecule has 0 aliphatic carbocycles. The Balaban J connectivity index is 2.88. The zero-order chi connectivity index (χ0) is 13.8. The molecule has 1 unspecified atom stereocenters. The molecule has 0 spiro atoms. The minimum atomic E-state index is -4.25. The van der Waals surface area contributed by atoms with Crippen molar-refractivity contribution in [3.05, 3.63) is 29.6 Å². The molecule has 1 aromatic rings. The van der Waals surface area contributed by atoms with Crippen LogP contribution in [0.4, 0.5) is 17.6 Å². The van der Waals surface area contributed by atoms with Crippen LogP contribution in [0.2, 0.25) is 0 Å². The maximum Gasteiger partial charge on any atom is 0.389 e. The summed E-state index contributed by atoms with van der Waals surface area (Å²) < 4.78 is 55.2. The minimum absolute atomic E-state index is 0.0276. The smallest absolute Gasteiger partial charge is 0.389 e. The average Bonchev–Trinajstić information content (AvgIpc) is 2.30. The summed E-state index contributed by atoms with van der Waals surface area (Å²) in [4.78, 5) is 0. The molecule has 0 radical (unpaired) electrons. The van der Waals surface area contributed by atoms with E-state index in [0.717, 1.165) is 0 Å². The fourth-order valence-electron chi connectivity index (χ4n) is 1.72. The summed E-state index contributed by atoms with van der Waals surface area (Å²) in [5.74, 6) is -0.596. The highest BCUT2D eigenvalue weighted by atomic mass is 19.4. The molecule has 0 amide bonds. The van der Waals surface area contributed by atoms with E-state index in [0.29, 0.717) is 0 Å². The van der Waals surface area contributed by atoms with Crippen molar-refractivity contribution in [1.82, 2.24) is 5.32 Å². The first-order chi connectivity index (χ1) is 8.39. The van der Waals surface area contributed by atoms with Gasteiger partial charge in [0.2, 0.25) is 0 Å². The van der Waals surface area contributed by atoms with Gasteiger partial charge in [-0.05, 0) is 19.5 Å². The van der Waals surface area contributed by atoms with Crippen molar-refractivity contribution in [2.45, 2.75) is 25.1 Å². The number of hydrogen-bond donors (Lipinski definition) is 1. The predicted octanol–water partition coefficient (Wildman–Crippen LogP) is 3.44. The maximum absolute atomic E-state index is 13.9. The number of benzene rings is 1. The van der Waals surface area contributed by atoms with Gasteiger partial charge in [-0.15, -0.1) is 0 Å². The van der Waals surface area contributed by atoms with Gasteiger partial charge in [-0.3, -0.25) is 0 Å². The lowest BCUT2D eigenvalue weighted by Gasteiger charge is -2.19. The first kappa shape index (κ1) is 14.8. The van der Waals surface area contributed by atoms with Crippen LogP contribution in [0.3, 0.4) is 0 Å². The summed E-state index contributed by atoms with van der Waals surface area (Å²) in [5.41, 5.74) is 0.182. The van der Waals surface area contributed by atoms with Crippen LogP contribution < -0.4 is 10.1 Å². The molecular weight excluding hydrogens is 250 g/mol. The first-order valence-electron chi connectivity index (χ1n) is 5.45. The predicted molar refractivity (Wildman–Crippen MR) is 60.0 cm³/mol. The van der Waals surface area contributed by atoms with Gasteiger partial charge in [-0.2, -0.15) is 13.2 Å². The van der Waals surface area contributed by atoms with Gasteiger partial charge in [-0.25, -0.2) is 4.39 Å². The number of halogens is 4. The number of alkyl halides is 3. The van der Waals surface area contributed by atoms with E-state index in [1.807, 2.05) is 0 Å². The summed E-state index contributed by atoms with van der Waals surface area (Å²) in [6, 6.07) is 3.74. The topological polar surface area (TPSA) is 21.3 Å². The van der Waals surface area contributed by atoms with E-state index in [2.05, 4.69) is 5.32 Å². The summed E-state index contributed by atoms with van der Waals surface area (Å²) >= 11 is 0. The van der Waals surface area contributed by atoms with Gasteiger partial charge in [0.05, 0.1) is 7.11 Å². The summed E-state index contributed by atoms with van der Waals surface area (Å²) in [7, 11) is 2.81. The van der Waals surface area contributed by atoms with Gasteiger partial charge in [0.15, 0.2) is 11.6 Å². The van der Waals surface area contributed by atoms with Crippen LogP contribution in [0.25, 0.3) is 0 Å². The number of ether oxygens (including phenoxy) is 1. The second kappa shape index (κ2) is 6.04. The Morgan fingerprint density at radius 3 is 2.50 bits per heavy atom. The van der Waals surface area contributed by atoms with E-state index in [1.165, 1.54) is 26.3 Å². The van der Waals surface area contributed by atoms with E-state index in [4.69, 9.17) is 4.74 Å². The van der Waals surface area contributed by atoms with Gasteiger partial charge in [0.1, 0.15) is 0 Å². The van der Waals surface area contributed by atoms with Crippen molar-refractivity contribution in [3.63, 3.8) is 0 Å². The summed E-state index contributed by atoms with van der Waals surface area (Å²) in [6.07, 6.45) is -5.43. The fraction of sp³-hybridized carbons (Fsp3) is 0.500. The fourth-order valence-corrected chi connectivity index (χ4v) is 1.72. The van der Waals surface area contributed by atoms with Crippen molar-refractivity contribution >= 4 is 0 Å². The molecule has 0 saturated carbocycles. The number of hydrogen-bond acceptors (Lipinski definition) is 2. The second-order valence-electron chi connectivity index (χ2n) is 3.86. The largest absolute Gasteiger partial charge is 0.494 e. The third kappa shape index (κ3) is 3.87. The molecule has 1 rings (SSSR count). The molecule has 102 valence electrons. The molecular formula is C12H15F4NO. The highest BCUT2D eigenvalue weighted by molar-refractivity contribution is 5.33. The molecule has 6 heteroatoms. The molecule has 0 aliphatic rings. The Hall–Kier alpha value is -1.30. The molecule has 18 heavy (non-hydrogen) atoms.